The molecule has 0 atom stereocenters. The number of phenolic OH excluding ortho intramolecular Hbond substituents is 1. The summed E-state index contributed by atoms with van der Waals surface area (Å²) in [6, 6.07) is 2.85. The summed E-state index contributed by atoms with van der Waals surface area (Å²) in [5, 5.41) is 15.3. The lowest BCUT2D eigenvalue weighted by Crippen LogP contribution is -2.19. The Bertz CT molecular complexity index is 500. The van der Waals surface area contributed by atoms with E-state index in [4.69, 9.17) is 23.2 Å². The smallest absolute Gasteiger partial charge is 0.253 e. The van der Waals surface area contributed by atoms with E-state index in [9.17, 15) is 9.90 Å². The highest BCUT2D eigenvalue weighted by Gasteiger charge is 2.26. The summed E-state index contributed by atoms with van der Waals surface area (Å²) in [4.78, 5) is 11.6. The topological polar surface area (TPSA) is 52.9 Å². The maximum absolute atomic E-state index is 11.6. The minimum atomic E-state index is -0.217. The van der Waals surface area contributed by atoms with E-state index in [1.807, 2.05) is 0 Å². The lowest BCUT2D eigenvalue weighted by Gasteiger charge is -2.14. The van der Waals surface area contributed by atoms with Gasteiger partial charge in [-0.2, -0.15) is 10.1 Å². The lowest BCUT2D eigenvalue weighted by atomic mass is 10.2. The lowest BCUT2D eigenvalue weighted by molar-refractivity contribution is -0.116. The first-order valence-electron chi connectivity index (χ1n) is 4.54. The summed E-state index contributed by atoms with van der Waals surface area (Å²) in [5.74, 6) is -0.413. The maximum atomic E-state index is 11.6. The van der Waals surface area contributed by atoms with Crippen molar-refractivity contribution in [3.8, 4) is 5.75 Å². The molecule has 0 spiro atoms. The summed E-state index contributed by atoms with van der Waals surface area (Å²) < 4.78 is 0. The fourth-order valence-electron chi connectivity index (χ4n) is 1.46. The van der Waals surface area contributed by atoms with E-state index in [0.717, 1.165) is 5.01 Å². The van der Waals surface area contributed by atoms with E-state index in [-0.39, 0.29) is 28.8 Å². The molecule has 1 aromatic carbocycles. The third kappa shape index (κ3) is 1.86. The zero-order valence-corrected chi connectivity index (χ0v) is 9.88. The minimum absolute atomic E-state index is 0.0926. The largest absolute Gasteiger partial charge is 0.504 e. The van der Waals surface area contributed by atoms with E-state index in [1.165, 1.54) is 12.1 Å². The molecule has 1 amide bonds. The van der Waals surface area contributed by atoms with Crippen LogP contribution in [0.1, 0.15) is 13.3 Å². The van der Waals surface area contributed by atoms with Gasteiger partial charge in [-0.05, 0) is 19.1 Å². The van der Waals surface area contributed by atoms with Crippen molar-refractivity contribution in [3.05, 3.63) is 22.2 Å². The van der Waals surface area contributed by atoms with Crippen LogP contribution in [0.15, 0.2) is 17.2 Å². The highest BCUT2D eigenvalue weighted by Crippen LogP contribution is 2.38. The molecule has 1 aromatic rings. The van der Waals surface area contributed by atoms with Crippen molar-refractivity contribution in [2.75, 3.05) is 5.01 Å². The van der Waals surface area contributed by atoms with E-state index in [1.54, 1.807) is 6.92 Å². The zero-order chi connectivity index (χ0) is 11.9. The van der Waals surface area contributed by atoms with Gasteiger partial charge in [0.15, 0.2) is 5.75 Å². The van der Waals surface area contributed by atoms with Gasteiger partial charge in [0.1, 0.15) is 5.69 Å². The SMILES string of the molecule is CC1=NN(c2cc(Cl)cc(Cl)c2O)C(=O)C1. The molecule has 2 rings (SSSR count). The molecule has 6 heteroatoms. The number of halogens is 2. The second-order valence-corrected chi connectivity index (χ2v) is 4.32. The molecule has 84 valence electrons. The van der Waals surface area contributed by atoms with Crippen LogP contribution in [-0.4, -0.2) is 16.7 Å². The zero-order valence-electron chi connectivity index (χ0n) is 8.37. The highest BCUT2D eigenvalue weighted by atomic mass is 35.5. The Morgan fingerprint density at radius 1 is 1.44 bits per heavy atom. The fourth-order valence-corrected chi connectivity index (χ4v) is 1.94. The van der Waals surface area contributed by atoms with Crippen molar-refractivity contribution >= 4 is 40.5 Å². The second-order valence-electron chi connectivity index (χ2n) is 3.47. The summed E-state index contributed by atoms with van der Waals surface area (Å²) in [6.07, 6.45) is 0.240. The Morgan fingerprint density at radius 2 is 2.12 bits per heavy atom. The van der Waals surface area contributed by atoms with Crippen molar-refractivity contribution in [2.24, 2.45) is 5.10 Å². The predicted molar refractivity (Wildman–Crippen MR) is 63.3 cm³/mol. The summed E-state index contributed by atoms with van der Waals surface area (Å²) in [6.45, 7) is 1.74. The first-order valence-corrected chi connectivity index (χ1v) is 5.29. The number of benzene rings is 1. The molecule has 0 fully saturated rings. The molecule has 1 aliphatic rings. The molecular weight excluding hydrogens is 251 g/mol. The molecule has 0 saturated heterocycles. The minimum Gasteiger partial charge on any atom is -0.504 e. The Morgan fingerprint density at radius 3 is 2.69 bits per heavy atom. The third-order valence-corrected chi connectivity index (χ3v) is 2.66. The van der Waals surface area contributed by atoms with Crippen molar-refractivity contribution in [3.63, 3.8) is 0 Å². The molecule has 1 N–H and O–H groups in total. The van der Waals surface area contributed by atoms with Crippen LogP contribution in [0, 0.1) is 0 Å². The van der Waals surface area contributed by atoms with Gasteiger partial charge >= 0.3 is 0 Å². The highest BCUT2D eigenvalue weighted by molar-refractivity contribution is 6.36. The van der Waals surface area contributed by atoms with Gasteiger partial charge in [0, 0.05) is 10.7 Å². The summed E-state index contributed by atoms with van der Waals surface area (Å²) in [7, 11) is 0. The number of hydrogen-bond donors (Lipinski definition) is 1. The Hall–Kier alpha value is -1.26. The van der Waals surface area contributed by atoms with Crippen molar-refractivity contribution in [2.45, 2.75) is 13.3 Å². The van der Waals surface area contributed by atoms with Gasteiger partial charge in [0.2, 0.25) is 0 Å². The van der Waals surface area contributed by atoms with E-state index in [0.29, 0.717) is 10.7 Å². The van der Waals surface area contributed by atoms with Crippen molar-refractivity contribution < 1.29 is 9.90 Å². The first-order chi connectivity index (χ1) is 7.49. The van der Waals surface area contributed by atoms with Crippen LogP contribution in [0.5, 0.6) is 5.75 Å². The molecule has 0 bridgehead atoms. The summed E-state index contributed by atoms with van der Waals surface area (Å²) in [5.41, 5.74) is 0.889. The average Bonchev–Trinajstić information content (AvgIpc) is 2.51. The van der Waals surface area contributed by atoms with Crippen LogP contribution in [0.2, 0.25) is 10.0 Å². The molecular formula is C10H8Cl2N2O2. The Balaban J connectivity index is 2.52. The van der Waals surface area contributed by atoms with E-state index >= 15 is 0 Å². The van der Waals surface area contributed by atoms with Crippen LogP contribution in [0.25, 0.3) is 0 Å². The molecule has 0 aliphatic carbocycles. The Kier molecular flexibility index (Phi) is 2.78. The number of hydrogen-bond acceptors (Lipinski definition) is 3. The van der Waals surface area contributed by atoms with Crippen molar-refractivity contribution in [1.82, 2.24) is 0 Å². The van der Waals surface area contributed by atoms with Gasteiger partial charge in [-0.3, -0.25) is 4.79 Å². The van der Waals surface area contributed by atoms with E-state index < -0.39 is 0 Å². The van der Waals surface area contributed by atoms with Gasteiger partial charge in [-0.1, -0.05) is 23.2 Å². The number of carbonyl (C=O) groups is 1. The molecule has 1 aliphatic heterocycles. The molecule has 0 unspecified atom stereocenters. The number of nitrogens with zero attached hydrogens (tertiary/aromatic N) is 2. The molecule has 0 saturated carbocycles. The monoisotopic (exact) mass is 258 g/mol. The number of phenols is 1. The predicted octanol–water partition coefficient (Wildman–Crippen LogP) is 2.81. The van der Waals surface area contributed by atoms with Gasteiger partial charge in [0.25, 0.3) is 5.91 Å². The number of carbonyl (C=O) groups excluding carboxylic acids is 1. The first kappa shape index (κ1) is 11.2. The number of amides is 1. The van der Waals surface area contributed by atoms with Crippen LogP contribution >= 0.6 is 23.2 Å². The average molecular weight is 259 g/mol. The Labute approximate surface area is 102 Å². The number of aromatic hydroxyl groups is 1. The van der Waals surface area contributed by atoms with Gasteiger partial charge in [-0.25, -0.2) is 0 Å². The molecule has 1 heterocycles. The number of hydrazone groups is 1. The molecule has 0 aromatic heterocycles. The number of anilines is 1. The van der Waals surface area contributed by atoms with Crippen LogP contribution in [-0.2, 0) is 4.79 Å². The van der Waals surface area contributed by atoms with Crippen LogP contribution in [0.3, 0.4) is 0 Å². The molecule has 4 nitrogen and oxygen atoms in total. The summed E-state index contributed by atoms with van der Waals surface area (Å²) >= 11 is 11.6. The molecule has 0 radical (unpaired) electrons. The second kappa shape index (κ2) is 3.96. The fraction of sp³-hybridized carbons (Fsp3) is 0.200. The molecule has 16 heavy (non-hydrogen) atoms. The standard InChI is InChI=1S/C10H8Cl2N2O2/c1-5-2-9(15)14(13-5)8-4-6(11)3-7(12)10(8)16/h3-4,16H,2H2,1H3. The van der Waals surface area contributed by atoms with Crippen LogP contribution < -0.4 is 5.01 Å². The van der Waals surface area contributed by atoms with Gasteiger partial charge in [0.05, 0.1) is 11.4 Å². The maximum Gasteiger partial charge on any atom is 0.253 e. The van der Waals surface area contributed by atoms with Gasteiger partial charge < -0.3 is 5.11 Å². The van der Waals surface area contributed by atoms with Crippen LogP contribution in [0.4, 0.5) is 5.69 Å². The number of rotatable bonds is 1. The van der Waals surface area contributed by atoms with E-state index in [2.05, 4.69) is 5.10 Å². The third-order valence-electron chi connectivity index (χ3n) is 2.15. The normalized spacial score (nSPS) is 15.6. The quantitative estimate of drug-likeness (QED) is 0.843. The van der Waals surface area contributed by atoms with Gasteiger partial charge in [-0.15, -0.1) is 0 Å². The van der Waals surface area contributed by atoms with Crippen molar-refractivity contribution in [1.29, 1.82) is 0 Å².